The van der Waals surface area contributed by atoms with E-state index in [0.717, 1.165) is 15.8 Å². The smallest absolute Gasteiger partial charge is 0.123 e. The van der Waals surface area contributed by atoms with Gasteiger partial charge < -0.3 is 4.74 Å². The summed E-state index contributed by atoms with van der Waals surface area (Å²) < 4.78 is 6.59. The maximum absolute atomic E-state index is 5.46. The number of methoxy groups -OCH3 is 1. The predicted molar refractivity (Wildman–Crippen MR) is 87.4 cm³/mol. The Morgan fingerprint density at radius 2 is 1.79 bits per heavy atom. The van der Waals surface area contributed by atoms with E-state index in [1.165, 1.54) is 16.7 Å². The molecule has 0 aliphatic heterocycles. The summed E-state index contributed by atoms with van der Waals surface area (Å²) in [6.07, 6.45) is 0. The molecule has 19 heavy (non-hydrogen) atoms. The van der Waals surface area contributed by atoms with Gasteiger partial charge in [-0.3, -0.25) is 0 Å². The Morgan fingerprint density at radius 1 is 1.05 bits per heavy atom. The summed E-state index contributed by atoms with van der Waals surface area (Å²) in [5.74, 6) is 0.910. The maximum Gasteiger partial charge on any atom is 0.123 e. The fourth-order valence-electron chi connectivity index (χ4n) is 2.06. The first-order valence-electron chi connectivity index (χ1n) is 6.07. The minimum atomic E-state index is 0.133. The number of hydrogen-bond donors (Lipinski definition) is 0. The van der Waals surface area contributed by atoms with Crippen molar-refractivity contribution >= 4 is 31.9 Å². The predicted octanol–water partition coefficient (Wildman–Crippen LogP) is 5.56. The van der Waals surface area contributed by atoms with Gasteiger partial charge in [0, 0.05) is 10.0 Å². The van der Waals surface area contributed by atoms with Crippen molar-refractivity contribution in [3.05, 3.63) is 63.1 Å². The number of aryl methyl sites for hydroxylation is 2. The topological polar surface area (TPSA) is 9.23 Å². The van der Waals surface area contributed by atoms with Gasteiger partial charge in [0.25, 0.3) is 0 Å². The molecule has 0 N–H and O–H groups in total. The molecule has 0 aromatic heterocycles. The lowest BCUT2D eigenvalue weighted by Crippen LogP contribution is -1.98. The normalized spacial score (nSPS) is 12.3. The molecule has 2 aromatic rings. The highest BCUT2D eigenvalue weighted by Crippen LogP contribution is 2.38. The summed E-state index contributed by atoms with van der Waals surface area (Å²) in [7, 11) is 1.71. The van der Waals surface area contributed by atoms with Crippen molar-refractivity contribution in [3.8, 4) is 5.75 Å². The molecule has 0 amide bonds. The number of ether oxygens (including phenoxy) is 1. The van der Waals surface area contributed by atoms with Gasteiger partial charge in [0.2, 0.25) is 0 Å². The Kier molecular flexibility index (Phi) is 4.69. The summed E-state index contributed by atoms with van der Waals surface area (Å²) in [5, 5.41) is 0. The molecule has 100 valence electrons. The van der Waals surface area contributed by atoms with E-state index in [-0.39, 0.29) is 4.83 Å². The second-order valence-electron chi connectivity index (χ2n) is 4.62. The SMILES string of the molecule is COc1ccc(C)cc1C(Br)c1ccc(Br)c(C)c1. The van der Waals surface area contributed by atoms with Crippen LogP contribution in [0.2, 0.25) is 0 Å². The van der Waals surface area contributed by atoms with Crippen molar-refractivity contribution in [2.45, 2.75) is 18.7 Å². The Balaban J connectivity index is 2.45. The molecule has 0 aliphatic rings. The first-order chi connectivity index (χ1) is 9.02. The zero-order valence-electron chi connectivity index (χ0n) is 11.2. The lowest BCUT2D eigenvalue weighted by molar-refractivity contribution is 0.410. The summed E-state index contributed by atoms with van der Waals surface area (Å²) in [6.45, 7) is 4.19. The van der Waals surface area contributed by atoms with Crippen LogP contribution in [0.15, 0.2) is 40.9 Å². The van der Waals surface area contributed by atoms with Crippen LogP contribution in [-0.4, -0.2) is 7.11 Å². The highest BCUT2D eigenvalue weighted by atomic mass is 79.9. The van der Waals surface area contributed by atoms with Crippen LogP contribution in [0.3, 0.4) is 0 Å². The van der Waals surface area contributed by atoms with E-state index in [9.17, 15) is 0 Å². The van der Waals surface area contributed by atoms with Crippen LogP contribution >= 0.6 is 31.9 Å². The third-order valence-corrected chi connectivity index (χ3v) is 5.04. The molecule has 1 unspecified atom stereocenters. The Labute approximate surface area is 131 Å². The van der Waals surface area contributed by atoms with Crippen LogP contribution in [0.25, 0.3) is 0 Å². The Hall–Kier alpha value is -0.800. The van der Waals surface area contributed by atoms with Crippen molar-refractivity contribution in [3.63, 3.8) is 0 Å². The van der Waals surface area contributed by atoms with Crippen molar-refractivity contribution in [1.82, 2.24) is 0 Å². The molecule has 0 radical (unpaired) electrons. The van der Waals surface area contributed by atoms with E-state index in [0.29, 0.717) is 0 Å². The van der Waals surface area contributed by atoms with Gasteiger partial charge in [-0.05, 0) is 37.1 Å². The zero-order chi connectivity index (χ0) is 14.0. The largest absolute Gasteiger partial charge is 0.496 e. The van der Waals surface area contributed by atoms with Crippen LogP contribution in [0.1, 0.15) is 27.1 Å². The monoisotopic (exact) mass is 382 g/mol. The standard InChI is InChI=1S/C16H16Br2O/c1-10-4-7-15(19-3)13(8-10)16(18)12-5-6-14(17)11(2)9-12/h4-9,16H,1-3H3. The van der Waals surface area contributed by atoms with E-state index < -0.39 is 0 Å². The number of hydrogen-bond acceptors (Lipinski definition) is 1. The number of alkyl halides is 1. The molecule has 2 rings (SSSR count). The Bertz CT molecular complexity index is 593. The highest BCUT2D eigenvalue weighted by molar-refractivity contribution is 9.10. The molecular weight excluding hydrogens is 368 g/mol. The second kappa shape index (κ2) is 6.10. The van der Waals surface area contributed by atoms with E-state index in [2.05, 4.69) is 76.0 Å². The summed E-state index contributed by atoms with van der Waals surface area (Å²) in [4.78, 5) is 0.133. The molecule has 0 aliphatic carbocycles. The number of benzene rings is 2. The van der Waals surface area contributed by atoms with Crippen LogP contribution < -0.4 is 4.74 Å². The van der Waals surface area contributed by atoms with Crippen LogP contribution in [0.4, 0.5) is 0 Å². The fraction of sp³-hybridized carbons (Fsp3) is 0.250. The van der Waals surface area contributed by atoms with E-state index in [4.69, 9.17) is 4.74 Å². The molecule has 1 atom stereocenters. The van der Waals surface area contributed by atoms with Gasteiger partial charge in [0.15, 0.2) is 0 Å². The maximum atomic E-state index is 5.46. The van der Waals surface area contributed by atoms with Gasteiger partial charge in [-0.15, -0.1) is 0 Å². The molecule has 3 heteroatoms. The van der Waals surface area contributed by atoms with E-state index >= 15 is 0 Å². The first kappa shape index (κ1) is 14.6. The molecule has 2 aromatic carbocycles. The van der Waals surface area contributed by atoms with Crippen molar-refractivity contribution < 1.29 is 4.74 Å². The number of halogens is 2. The average molecular weight is 384 g/mol. The van der Waals surface area contributed by atoms with Crippen molar-refractivity contribution in [2.24, 2.45) is 0 Å². The van der Waals surface area contributed by atoms with Crippen molar-refractivity contribution in [1.29, 1.82) is 0 Å². The highest BCUT2D eigenvalue weighted by Gasteiger charge is 2.16. The van der Waals surface area contributed by atoms with E-state index in [1.54, 1.807) is 7.11 Å². The third kappa shape index (κ3) is 3.21. The second-order valence-corrected chi connectivity index (χ2v) is 6.39. The quantitative estimate of drug-likeness (QED) is 0.630. The Morgan fingerprint density at radius 3 is 2.42 bits per heavy atom. The molecule has 0 spiro atoms. The van der Waals surface area contributed by atoms with Gasteiger partial charge in [-0.1, -0.05) is 61.7 Å². The van der Waals surface area contributed by atoms with Gasteiger partial charge in [-0.2, -0.15) is 0 Å². The van der Waals surface area contributed by atoms with Crippen LogP contribution in [-0.2, 0) is 0 Å². The zero-order valence-corrected chi connectivity index (χ0v) is 14.4. The fourth-order valence-corrected chi connectivity index (χ4v) is 2.95. The van der Waals surface area contributed by atoms with Crippen LogP contribution in [0.5, 0.6) is 5.75 Å². The summed E-state index contributed by atoms with van der Waals surface area (Å²) >= 11 is 7.32. The molecule has 0 heterocycles. The molecule has 0 saturated carbocycles. The summed E-state index contributed by atoms with van der Waals surface area (Å²) in [6, 6.07) is 12.6. The average Bonchev–Trinajstić information content (AvgIpc) is 2.41. The number of rotatable bonds is 3. The van der Waals surface area contributed by atoms with E-state index in [1.807, 2.05) is 6.07 Å². The minimum Gasteiger partial charge on any atom is -0.496 e. The molecular formula is C16H16Br2O. The van der Waals surface area contributed by atoms with Crippen LogP contribution in [0, 0.1) is 13.8 Å². The van der Waals surface area contributed by atoms with Gasteiger partial charge in [-0.25, -0.2) is 0 Å². The molecule has 0 bridgehead atoms. The van der Waals surface area contributed by atoms with Gasteiger partial charge in [0.05, 0.1) is 11.9 Å². The lowest BCUT2D eigenvalue weighted by Gasteiger charge is -2.16. The molecule has 0 fully saturated rings. The van der Waals surface area contributed by atoms with Crippen molar-refractivity contribution in [2.75, 3.05) is 7.11 Å². The van der Waals surface area contributed by atoms with Gasteiger partial charge >= 0.3 is 0 Å². The lowest BCUT2D eigenvalue weighted by atomic mass is 10.0. The summed E-state index contributed by atoms with van der Waals surface area (Å²) in [5.41, 5.74) is 4.84. The first-order valence-corrected chi connectivity index (χ1v) is 7.78. The molecule has 1 nitrogen and oxygen atoms in total. The third-order valence-electron chi connectivity index (χ3n) is 3.13. The minimum absolute atomic E-state index is 0.133. The van der Waals surface area contributed by atoms with Gasteiger partial charge in [0.1, 0.15) is 5.75 Å². The molecule has 0 saturated heterocycles.